The van der Waals surface area contributed by atoms with Crippen LogP contribution in [-0.2, 0) is 29.5 Å². The van der Waals surface area contributed by atoms with Crippen molar-refractivity contribution in [2.24, 2.45) is 35.1 Å². The van der Waals surface area contributed by atoms with Gasteiger partial charge in [0.05, 0.1) is 31.2 Å². The van der Waals surface area contributed by atoms with E-state index in [1.807, 2.05) is 0 Å². The van der Waals surface area contributed by atoms with Gasteiger partial charge in [0.2, 0.25) is 0 Å². The Labute approximate surface area is 228 Å². The summed E-state index contributed by atoms with van der Waals surface area (Å²) in [6, 6.07) is 8.55. The van der Waals surface area contributed by atoms with Crippen LogP contribution >= 0.6 is 0 Å². The van der Waals surface area contributed by atoms with Crippen LogP contribution < -0.4 is 4.57 Å². The molecule has 0 saturated heterocycles. The lowest BCUT2D eigenvalue weighted by atomic mass is 9.41. The van der Waals surface area contributed by atoms with Gasteiger partial charge in [-0.25, -0.2) is 9.13 Å². The molecule has 38 heavy (non-hydrogen) atoms. The molecule has 206 valence electrons. The van der Waals surface area contributed by atoms with Gasteiger partial charge in [-0.1, -0.05) is 39.0 Å². The van der Waals surface area contributed by atoms with E-state index >= 15 is 0 Å². The number of fused-ring (bicyclic) bond motifs is 4. The Bertz CT molecular complexity index is 1280. The number of carbonyl (C=O) groups excluding carboxylic acids is 1. The van der Waals surface area contributed by atoms with Crippen LogP contribution in [0.3, 0.4) is 0 Å². The van der Waals surface area contributed by atoms with E-state index in [-0.39, 0.29) is 16.8 Å². The van der Waals surface area contributed by atoms with Gasteiger partial charge >= 0.3 is 5.97 Å². The van der Waals surface area contributed by atoms with Crippen molar-refractivity contribution in [3.63, 3.8) is 0 Å². The van der Waals surface area contributed by atoms with Crippen LogP contribution in [0.2, 0.25) is 0 Å². The fourth-order valence-corrected chi connectivity index (χ4v) is 10.3. The maximum atomic E-state index is 13.8. The highest BCUT2D eigenvalue weighted by Gasteiger charge is 2.67. The number of rotatable bonds is 6. The number of carbonyl (C=O) groups is 1. The van der Waals surface area contributed by atoms with Crippen molar-refractivity contribution in [3.8, 4) is 0 Å². The molecular weight excluding hydrogens is 472 g/mol. The number of ether oxygens (including phenoxy) is 1. The second kappa shape index (κ2) is 8.94. The average molecular weight is 520 g/mol. The predicted molar refractivity (Wildman–Crippen MR) is 149 cm³/mol. The summed E-state index contributed by atoms with van der Waals surface area (Å²) in [5.41, 5.74) is 2.82. The molecular formula is C33H47N2O3+. The summed E-state index contributed by atoms with van der Waals surface area (Å²) in [4.78, 5) is 13.8. The van der Waals surface area contributed by atoms with Gasteiger partial charge in [-0.2, -0.15) is 0 Å². The number of aryl methyl sites for hydroxylation is 2. The Morgan fingerprint density at radius 1 is 1.16 bits per heavy atom. The van der Waals surface area contributed by atoms with E-state index < -0.39 is 11.0 Å². The highest BCUT2D eigenvalue weighted by molar-refractivity contribution is 5.77. The summed E-state index contributed by atoms with van der Waals surface area (Å²) in [6.07, 6.45) is 10.9. The third-order valence-electron chi connectivity index (χ3n) is 11.9. The number of benzene rings is 1. The second-order valence-corrected chi connectivity index (χ2v) is 13.8. The molecule has 6 atom stereocenters. The molecule has 5 nitrogen and oxygen atoms in total. The molecule has 0 radical (unpaired) electrons. The minimum atomic E-state index is -0.643. The molecule has 1 N–H and O–H groups in total. The second-order valence-electron chi connectivity index (χ2n) is 13.8. The summed E-state index contributed by atoms with van der Waals surface area (Å²) >= 11 is 0. The maximum Gasteiger partial charge on any atom is 0.312 e. The lowest BCUT2D eigenvalue weighted by molar-refractivity contribution is -0.653. The van der Waals surface area contributed by atoms with Crippen molar-refractivity contribution in [1.29, 1.82) is 0 Å². The molecule has 0 aliphatic heterocycles. The van der Waals surface area contributed by atoms with Gasteiger partial charge in [0, 0.05) is 12.8 Å². The maximum absolute atomic E-state index is 13.8. The molecule has 0 unspecified atom stereocenters. The SMILES string of the molecule is C=C1C[C@@]23CC[C@H]4[C@@](C)(CCC[C@@]4(C)C(=O)OCCCn4c(CC)[n+](C)c5ccccc54)[C@@H]2CC[C@]1(O)C3. The summed E-state index contributed by atoms with van der Waals surface area (Å²) in [5.74, 6) is 2.24. The van der Waals surface area contributed by atoms with Gasteiger partial charge in [-0.05, 0) is 98.7 Å². The topological polar surface area (TPSA) is 55.3 Å². The third-order valence-corrected chi connectivity index (χ3v) is 11.9. The number of esters is 1. The Kier molecular flexibility index (Phi) is 6.14. The van der Waals surface area contributed by atoms with Gasteiger partial charge in [-0.3, -0.25) is 4.79 Å². The van der Waals surface area contributed by atoms with E-state index in [0.29, 0.717) is 18.4 Å². The molecule has 4 aliphatic rings. The first-order valence-electron chi connectivity index (χ1n) is 15.1. The molecule has 0 amide bonds. The standard InChI is InChI=1S/C33H47N2O3/c1-6-28-34(5)24-11-7-8-12-25(24)35(28)19-10-20-38-29(36)31(4)16-9-15-30(3)26(31)13-17-32-21-23(2)33(37,22-32)18-14-27(30)32/h7-8,11-12,26-27,37H,2,6,9-10,13-22H2,1,3-5H3/q+1/t26-,27-,30+,31+,32+,33-/m0/s1. The first kappa shape index (κ1) is 26.1. The molecule has 4 saturated carbocycles. The lowest BCUT2D eigenvalue weighted by Crippen LogP contribution is -2.59. The molecule has 1 aromatic heterocycles. The number of para-hydroxylation sites is 2. The number of imidazole rings is 1. The van der Waals surface area contributed by atoms with Crippen molar-refractivity contribution in [2.45, 2.75) is 104 Å². The van der Waals surface area contributed by atoms with Crippen LogP contribution in [0, 0.1) is 28.1 Å². The van der Waals surface area contributed by atoms with E-state index in [1.54, 1.807) is 0 Å². The number of hydrogen-bond acceptors (Lipinski definition) is 3. The average Bonchev–Trinajstić information content (AvgIpc) is 3.26. The van der Waals surface area contributed by atoms with Crippen molar-refractivity contribution in [1.82, 2.24) is 4.57 Å². The van der Waals surface area contributed by atoms with E-state index in [1.165, 1.54) is 23.3 Å². The molecule has 2 bridgehead atoms. The number of aliphatic hydroxyl groups is 1. The van der Waals surface area contributed by atoms with Crippen molar-refractivity contribution in [2.75, 3.05) is 6.61 Å². The number of hydrogen-bond donors (Lipinski definition) is 1. The van der Waals surface area contributed by atoms with Crippen molar-refractivity contribution in [3.05, 3.63) is 42.2 Å². The van der Waals surface area contributed by atoms with Gasteiger partial charge in [0.25, 0.3) is 5.82 Å². The van der Waals surface area contributed by atoms with Gasteiger partial charge in [0.15, 0.2) is 11.0 Å². The van der Waals surface area contributed by atoms with E-state index in [2.05, 4.69) is 67.8 Å². The van der Waals surface area contributed by atoms with E-state index in [9.17, 15) is 9.90 Å². The third kappa shape index (κ3) is 3.59. The molecule has 1 heterocycles. The zero-order valence-corrected chi connectivity index (χ0v) is 24.0. The van der Waals surface area contributed by atoms with Gasteiger partial charge in [-0.15, -0.1) is 0 Å². The molecule has 1 spiro atoms. The fraction of sp³-hybridized carbons (Fsp3) is 0.697. The molecule has 1 aromatic carbocycles. The highest BCUT2D eigenvalue weighted by Crippen LogP contribution is 2.72. The van der Waals surface area contributed by atoms with Crippen molar-refractivity contribution < 1.29 is 19.2 Å². The Morgan fingerprint density at radius 2 is 1.92 bits per heavy atom. The van der Waals surface area contributed by atoms with Crippen LogP contribution in [0.5, 0.6) is 0 Å². The van der Waals surface area contributed by atoms with Crippen LogP contribution in [0.4, 0.5) is 0 Å². The van der Waals surface area contributed by atoms with E-state index in [0.717, 1.165) is 76.3 Å². The minimum absolute atomic E-state index is 0.0196. The number of nitrogens with zero attached hydrogens (tertiary/aromatic N) is 2. The summed E-state index contributed by atoms with van der Waals surface area (Å²) < 4.78 is 10.8. The smallest absolute Gasteiger partial charge is 0.312 e. The normalized spacial score (nSPS) is 38.2. The predicted octanol–water partition coefficient (Wildman–Crippen LogP) is 6.05. The van der Waals surface area contributed by atoms with Crippen LogP contribution in [0.1, 0.15) is 90.8 Å². The van der Waals surface area contributed by atoms with E-state index in [4.69, 9.17) is 4.74 Å². The molecule has 4 fully saturated rings. The molecule has 6 rings (SSSR count). The Hall–Kier alpha value is -2.14. The number of aromatic nitrogens is 2. The summed E-state index contributed by atoms with van der Waals surface area (Å²) in [6.45, 7) is 12.5. The zero-order valence-electron chi connectivity index (χ0n) is 24.0. The molecule has 4 aliphatic carbocycles. The van der Waals surface area contributed by atoms with Crippen LogP contribution in [0.25, 0.3) is 11.0 Å². The van der Waals surface area contributed by atoms with Crippen molar-refractivity contribution >= 4 is 17.0 Å². The first-order valence-corrected chi connectivity index (χ1v) is 15.1. The Balaban J connectivity index is 1.15. The largest absolute Gasteiger partial charge is 0.465 e. The van der Waals surface area contributed by atoms with Crippen LogP contribution in [0.15, 0.2) is 36.4 Å². The zero-order chi connectivity index (χ0) is 26.9. The molecule has 5 heteroatoms. The highest BCUT2D eigenvalue weighted by atomic mass is 16.5. The monoisotopic (exact) mass is 519 g/mol. The van der Waals surface area contributed by atoms with Crippen LogP contribution in [-0.4, -0.2) is 27.9 Å². The van der Waals surface area contributed by atoms with Gasteiger partial charge < -0.3 is 9.84 Å². The lowest BCUT2D eigenvalue weighted by Gasteiger charge is -2.63. The summed E-state index contributed by atoms with van der Waals surface area (Å²) in [5, 5.41) is 11.2. The quantitative estimate of drug-likeness (QED) is 0.219. The minimum Gasteiger partial charge on any atom is -0.465 e. The first-order chi connectivity index (χ1) is 18.1. The van der Waals surface area contributed by atoms with Gasteiger partial charge in [0.1, 0.15) is 0 Å². The molecule has 2 aromatic rings. The fourth-order valence-electron chi connectivity index (χ4n) is 10.3. The summed E-state index contributed by atoms with van der Waals surface area (Å²) in [7, 11) is 2.14. The Morgan fingerprint density at radius 3 is 2.71 bits per heavy atom.